The highest BCUT2D eigenvalue weighted by Crippen LogP contribution is 2.25. The maximum absolute atomic E-state index is 5.64. The second kappa shape index (κ2) is 5.69. The largest absolute Gasteiger partial charge is 0.489 e. The van der Waals surface area contributed by atoms with Crippen LogP contribution in [0, 0.1) is 0 Å². The Bertz CT molecular complexity index is 413. The molecule has 17 heavy (non-hydrogen) atoms. The predicted molar refractivity (Wildman–Crippen MR) is 74.3 cm³/mol. The van der Waals surface area contributed by atoms with Crippen LogP contribution in [0.2, 0.25) is 0 Å². The summed E-state index contributed by atoms with van der Waals surface area (Å²) >= 11 is 3.57. The minimum atomic E-state index is 0.580. The molecule has 1 aliphatic rings. The zero-order valence-corrected chi connectivity index (χ0v) is 11.7. The first-order valence-electron chi connectivity index (χ1n) is 5.94. The lowest BCUT2D eigenvalue weighted by Crippen LogP contribution is -2.15. The van der Waals surface area contributed by atoms with E-state index in [0.717, 1.165) is 28.4 Å². The third kappa shape index (κ3) is 4.17. The molecular weight excluding hydrogens is 278 g/mol. The van der Waals surface area contributed by atoms with Crippen LogP contribution in [0.25, 0.3) is 0 Å². The van der Waals surface area contributed by atoms with E-state index in [0.29, 0.717) is 6.61 Å². The quantitative estimate of drug-likeness (QED) is 0.809. The Morgan fingerprint density at radius 2 is 2.29 bits per heavy atom. The van der Waals surface area contributed by atoms with Crippen LogP contribution in [0.1, 0.15) is 25.3 Å². The number of halogens is 1. The van der Waals surface area contributed by atoms with Gasteiger partial charge in [0.2, 0.25) is 0 Å². The highest BCUT2D eigenvalue weighted by atomic mass is 79.9. The molecule has 0 spiro atoms. The third-order valence-corrected chi connectivity index (χ3v) is 3.43. The number of rotatable bonds is 6. The van der Waals surface area contributed by atoms with Crippen molar-refractivity contribution in [2.75, 3.05) is 6.61 Å². The summed E-state index contributed by atoms with van der Waals surface area (Å²) in [5, 5.41) is 3.50. The van der Waals surface area contributed by atoms with Gasteiger partial charge in [0.15, 0.2) is 0 Å². The van der Waals surface area contributed by atoms with Gasteiger partial charge in [-0.25, -0.2) is 0 Å². The van der Waals surface area contributed by atoms with Gasteiger partial charge in [0.25, 0.3) is 0 Å². The topological polar surface area (TPSA) is 21.3 Å². The molecule has 3 heteroatoms. The standard InChI is InChI=1S/C14H18BrNO/c1-10(2)9-17-13-5-6-14(15)11(7-13)8-16-12-3-4-12/h5-7,12,16H,1,3-4,8-9H2,2H3. The van der Waals surface area contributed by atoms with Crippen molar-refractivity contribution in [2.24, 2.45) is 0 Å². The fraction of sp³-hybridized carbons (Fsp3) is 0.429. The van der Waals surface area contributed by atoms with E-state index in [9.17, 15) is 0 Å². The van der Waals surface area contributed by atoms with E-state index >= 15 is 0 Å². The van der Waals surface area contributed by atoms with Gasteiger partial charge in [0.05, 0.1) is 0 Å². The first-order valence-corrected chi connectivity index (χ1v) is 6.73. The average Bonchev–Trinajstić information content (AvgIpc) is 3.10. The van der Waals surface area contributed by atoms with Crippen LogP contribution in [-0.4, -0.2) is 12.6 Å². The summed E-state index contributed by atoms with van der Waals surface area (Å²) in [7, 11) is 0. The van der Waals surface area contributed by atoms with Crippen LogP contribution in [-0.2, 0) is 6.54 Å². The lowest BCUT2D eigenvalue weighted by molar-refractivity contribution is 0.352. The molecule has 1 aromatic rings. The fourth-order valence-electron chi connectivity index (χ4n) is 1.52. The highest BCUT2D eigenvalue weighted by molar-refractivity contribution is 9.10. The molecule has 1 aromatic carbocycles. The molecule has 1 fully saturated rings. The van der Waals surface area contributed by atoms with E-state index in [1.807, 2.05) is 19.1 Å². The summed E-state index contributed by atoms with van der Waals surface area (Å²) in [4.78, 5) is 0. The van der Waals surface area contributed by atoms with Crippen molar-refractivity contribution in [3.63, 3.8) is 0 Å². The summed E-state index contributed by atoms with van der Waals surface area (Å²) < 4.78 is 6.77. The number of hydrogen-bond donors (Lipinski definition) is 1. The second-order valence-electron chi connectivity index (χ2n) is 4.65. The van der Waals surface area contributed by atoms with E-state index in [4.69, 9.17) is 4.74 Å². The van der Waals surface area contributed by atoms with E-state index in [1.54, 1.807) is 0 Å². The summed E-state index contributed by atoms with van der Waals surface area (Å²) in [6, 6.07) is 6.83. The highest BCUT2D eigenvalue weighted by Gasteiger charge is 2.20. The first kappa shape index (κ1) is 12.7. The van der Waals surface area contributed by atoms with Gasteiger partial charge in [-0.2, -0.15) is 0 Å². The van der Waals surface area contributed by atoms with Crippen LogP contribution in [0.4, 0.5) is 0 Å². The molecule has 0 amide bonds. The van der Waals surface area contributed by atoms with Crippen molar-refractivity contribution in [2.45, 2.75) is 32.4 Å². The maximum atomic E-state index is 5.64. The Morgan fingerprint density at radius 3 is 2.94 bits per heavy atom. The fourth-order valence-corrected chi connectivity index (χ4v) is 1.91. The van der Waals surface area contributed by atoms with E-state index in [1.165, 1.54) is 18.4 Å². The molecule has 1 saturated carbocycles. The molecule has 0 bridgehead atoms. The zero-order valence-electron chi connectivity index (χ0n) is 10.1. The van der Waals surface area contributed by atoms with Gasteiger partial charge in [-0.05, 0) is 49.1 Å². The molecule has 0 saturated heterocycles. The van der Waals surface area contributed by atoms with Crippen molar-refractivity contribution in [3.05, 3.63) is 40.4 Å². The van der Waals surface area contributed by atoms with Crippen LogP contribution in [0.5, 0.6) is 5.75 Å². The Hall–Kier alpha value is -0.800. The lowest BCUT2D eigenvalue weighted by atomic mass is 10.2. The van der Waals surface area contributed by atoms with Gasteiger partial charge in [0.1, 0.15) is 12.4 Å². The van der Waals surface area contributed by atoms with Crippen LogP contribution >= 0.6 is 15.9 Å². The summed E-state index contributed by atoms with van der Waals surface area (Å²) in [5.41, 5.74) is 2.28. The molecular formula is C14H18BrNO. The predicted octanol–water partition coefficient (Wildman–Crippen LogP) is 3.66. The van der Waals surface area contributed by atoms with E-state index in [-0.39, 0.29) is 0 Å². The first-order chi connectivity index (χ1) is 8.15. The van der Waals surface area contributed by atoms with E-state index in [2.05, 4.69) is 33.9 Å². The Labute approximate surface area is 111 Å². The van der Waals surface area contributed by atoms with Gasteiger partial charge >= 0.3 is 0 Å². The molecule has 0 aromatic heterocycles. The normalized spacial score (nSPS) is 14.7. The monoisotopic (exact) mass is 295 g/mol. The molecule has 0 radical (unpaired) electrons. The van der Waals surface area contributed by atoms with Crippen LogP contribution in [0.3, 0.4) is 0 Å². The summed E-state index contributed by atoms with van der Waals surface area (Å²) in [6.45, 7) is 7.28. The number of nitrogens with one attached hydrogen (secondary N) is 1. The van der Waals surface area contributed by atoms with E-state index < -0.39 is 0 Å². The molecule has 1 N–H and O–H groups in total. The molecule has 2 nitrogen and oxygen atoms in total. The van der Waals surface area contributed by atoms with Gasteiger partial charge < -0.3 is 10.1 Å². The van der Waals surface area contributed by atoms with Crippen LogP contribution < -0.4 is 10.1 Å². The molecule has 0 heterocycles. The average molecular weight is 296 g/mol. The van der Waals surface area contributed by atoms with Crippen molar-refractivity contribution in [1.29, 1.82) is 0 Å². The molecule has 0 unspecified atom stereocenters. The summed E-state index contributed by atoms with van der Waals surface area (Å²) in [5.74, 6) is 0.906. The Morgan fingerprint density at radius 1 is 1.53 bits per heavy atom. The summed E-state index contributed by atoms with van der Waals surface area (Å²) in [6.07, 6.45) is 2.62. The Kier molecular flexibility index (Phi) is 4.24. The van der Waals surface area contributed by atoms with Crippen LogP contribution in [0.15, 0.2) is 34.8 Å². The zero-order chi connectivity index (χ0) is 12.3. The van der Waals surface area contributed by atoms with Crippen molar-refractivity contribution in [1.82, 2.24) is 5.32 Å². The number of benzene rings is 1. The SMILES string of the molecule is C=C(C)COc1ccc(Br)c(CNC2CC2)c1. The number of hydrogen-bond acceptors (Lipinski definition) is 2. The van der Waals surface area contributed by atoms with Gasteiger partial charge in [0, 0.05) is 17.1 Å². The van der Waals surface area contributed by atoms with Gasteiger partial charge in [-0.1, -0.05) is 22.5 Å². The molecule has 0 aliphatic heterocycles. The van der Waals surface area contributed by atoms with Crippen molar-refractivity contribution >= 4 is 15.9 Å². The smallest absolute Gasteiger partial charge is 0.120 e. The number of ether oxygens (including phenoxy) is 1. The van der Waals surface area contributed by atoms with Crippen molar-refractivity contribution in [3.8, 4) is 5.75 Å². The van der Waals surface area contributed by atoms with Gasteiger partial charge in [-0.15, -0.1) is 0 Å². The Balaban J connectivity index is 1.97. The second-order valence-corrected chi connectivity index (χ2v) is 5.51. The molecule has 2 rings (SSSR count). The minimum absolute atomic E-state index is 0.580. The molecule has 1 aliphatic carbocycles. The maximum Gasteiger partial charge on any atom is 0.120 e. The third-order valence-electron chi connectivity index (χ3n) is 2.66. The lowest BCUT2D eigenvalue weighted by Gasteiger charge is -2.10. The molecule has 92 valence electrons. The van der Waals surface area contributed by atoms with Crippen molar-refractivity contribution < 1.29 is 4.74 Å². The minimum Gasteiger partial charge on any atom is -0.489 e. The van der Waals surface area contributed by atoms with Gasteiger partial charge in [-0.3, -0.25) is 0 Å². The molecule has 0 atom stereocenters.